The second kappa shape index (κ2) is 5.94. The average molecular weight is 231 g/mol. The fourth-order valence-corrected chi connectivity index (χ4v) is 1.51. The normalized spacial score (nSPS) is 10.2. The molecular weight excluding hydrogens is 214 g/mol. The Balaban J connectivity index is 1.69. The summed E-state index contributed by atoms with van der Waals surface area (Å²) < 4.78 is 7.41. The van der Waals surface area contributed by atoms with Gasteiger partial charge in [-0.1, -0.05) is 18.2 Å². The first-order valence-electron chi connectivity index (χ1n) is 5.82. The number of rotatable bonds is 6. The van der Waals surface area contributed by atoms with Crippen LogP contribution < -0.4 is 10.1 Å². The van der Waals surface area contributed by atoms with Gasteiger partial charge in [0.15, 0.2) is 5.75 Å². The molecule has 0 unspecified atom stereocenters. The van der Waals surface area contributed by atoms with Crippen molar-refractivity contribution in [1.82, 2.24) is 9.78 Å². The molecule has 0 spiro atoms. The van der Waals surface area contributed by atoms with Crippen molar-refractivity contribution in [3.05, 3.63) is 42.7 Å². The van der Waals surface area contributed by atoms with E-state index in [4.69, 9.17) is 4.74 Å². The van der Waals surface area contributed by atoms with Crippen LogP contribution in [0, 0.1) is 0 Å². The second-order valence-electron chi connectivity index (χ2n) is 3.67. The van der Waals surface area contributed by atoms with Crippen molar-refractivity contribution in [2.45, 2.75) is 13.5 Å². The highest BCUT2D eigenvalue weighted by molar-refractivity contribution is 5.42. The minimum Gasteiger partial charge on any atom is -0.488 e. The van der Waals surface area contributed by atoms with Gasteiger partial charge in [0.2, 0.25) is 0 Å². The van der Waals surface area contributed by atoms with Crippen molar-refractivity contribution in [1.29, 1.82) is 0 Å². The Labute approximate surface area is 101 Å². The van der Waals surface area contributed by atoms with Gasteiger partial charge in [0.05, 0.1) is 12.4 Å². The fourth-order valence-electron chi connectivity index (χ4n) is 1.51. The number of aryl methyl sites for hydroxylation is 1. The topological polar surface area (TPSA) is 39.1 Å². The molecule has 17 heavy (non-hydrogen) atoms. The zero-order valence-corrected chi connectivity index (χ0v) is 9.97. The van der Waals surface area contributed by atoms with E-state index >= 15 is 0 Å². The van der Waals surface area contributed by atoms with Gasteiger partial charge < -0.3 is 10.1 Å². The summed E-state index contributed by atoms with van der Waals surface area (Å²) in [4.78, 5) is 0. The van der Waals surface area contributed by atoms with Gasteiger partial charge >= 0.3 is 0 Å². The van der Waals surface area contributed by atoms with Crippen LogP contribution in [0.15, 0.2) is 42.7 Å². The summed E-state index contributed by atoms with van der Waals surface area (Å²) >= 11 is 0. The second-order valence-corrected chi connectivity index (χ2v) is 3.67. The molecule has 1 aromatic carbocycles. The third-order valence-electron chi connectivity index (χ3n) is 2.41. The van der Waals surface area contributed by atoms with Crippen molar-refractivity contribution < 1.29 is 4.74 Å². The number of aromatic nitrogens is 2. The summed E-state index contributed by atoms with van der Waals surface area (Å²) in [7, 11) is 0. The Morgan fingerprint density at radius 3 is 2.82 bits per heavy atom. The number of nitrogens with one attached hydrogen (secondary N) is 1. The molecule has 0 radical (unpaired) electrons. The standard InChI is InChI=1S/C13H17N3O/c1-2-16-11-13(10-15-16)17-9-8-14-12-6-4-3-5-7-12/h3-7,10-11,14H,2,8-9H2,1H3. The van der Waals surface area contributed by atoms with Crippen molar-refractivity contribution >= 4 is 5.69 Å². The lowest BCUT2D eigenvalue weighted by atomic mass is 10.3. The molecule has 1 heterocycles. The minimum atomic E-state index is 0.629. The molecule has 0 aliphatic rings. The molecule has 0 aliphatic heterocycles. The molecule has 0 amide bonds. The van der Waals surface area contributed by atoms with Gasteiger partial charge in [0, 0.05) is 18.8 Å². The van der Waals surface area contributed by atoms with Crippen LogP contribution in [0.5, 0.6) is 5.75 Å². The molecule has 2 rings (SSSR count). The predicted molar refractivity (Wildman–Crippen MR) is 68.3 cm³/mol. The van der Waals surface area contributed by atoms with Gasteiger partial charge in [-0.2, -0.15) is 5.10 Å². The highest BCUT2D eigenvalue weighted by atomic mass is 16.5. The summed E-state index contributed by atoms with van der Waals surface area (Å²) in [5.74, 6) is 0.821. The van der Waals surface area contributed by atoms with Crippen molar-refractivity contribution in [2.75, 3.05) is 18.5 Å². The number of nitrogens with zero attached hydrogens (tertiary/aromatic N) is 2. The first-order valence-corrected chi connectivity index (χ1v) is 5.82. The number of benzene rings is 1. The molecule has 0 atom stereocenters. The van der Waals surface area contributed by atoms with E-state index in [2.05, 4.69) is 10.4 Å². The largest absolute Gasteiger partial charge is 0.488 e. The van der Waals surface area contributed by atoms with Gasteiger partial charge in [0.25, 0.3) is 0 Å². The molecule has 0 aliphatic carbocycles. The quantitative estimate of drug-likeness (QED) is 0.776. The maximum atomic E-state index is 5.56. The summed E-state index contributed by atoms with van der Waals surface area (Å²) in [5, 5.41) is 7.43. The monoisotopic (exact) mass is 231 g/mol. The maximum absolute atomic E-state index is 5.56. The number of para-hydroxylation sites is 1. The van der Waals surface area contributed by atoms with Crippen molar-refractivity contribution in [3.63, 3.8) is 0 Å². The van der Waals surface area contributed by atoms with Crippen LogP contribution in [0.2, 0.25) is 0 Å². The van der Waals surface area contributed by atoms with Crippen LogP contribution >= 0.6 is 0 Å². The zero-order chi connectivity index (χ0) is 11.9. The predicted octanol–water partition coefficient (Wildman–Crippen LogP) is 2.39. The number of hydrogen-bond donors (Lipinski definition) is 1. The SMILES string of the molecule is CCn1cc(OCCNc2ccccc2)cn1. The molecular formula is C13H17N3O. The summed E-state index contributed by atoms with van der Waals surface area (Å²) in [6, 6.07) is 10.1. The first kappa shape index (κ1) is 11.5. The van der Waals surface area contributed by atoms with E-state index in [0.717, 1.165) is 24.5 Å². The van der Waals surface area contributed by atoms with E-state index < -0.39 is 0 Å². The molecule has 4 heteroatoms. The Morgan fingerprint density at radius 2 is 2.12 bits per heavy atom. The van der Waals surface area contributed by atoms with Crippen molar-refractivity contribution in [2.24, 2.45) is 0 Å². The minimum absolute atomic E-state index is 0.629. The van der Waals surface area contributed by atoms with Crippen LogP contribution in [0.1, 0.15) is 6.92 Å². The Morgan fingerprint density at radius 1 is 1.29 bits per heavy atom. The number of anilines is 1. The molecule has 1 aromatic heterocycles. The first-order chi connectivity index (χ1) is 8.38. The lowest BCUT2D eigenvalue weighted by Crippen LogP contribution is -2.11. The van der Waals surface area contributed by atoms with Crippen LogP contribution in [0.3, 0.4) is 0 Å². The van der Waals surface area contributed by atoms with Gasteiger partial charge in [0.1, 0.15) is 6.61 Å². The fraction of sp³-hybridized carbons (Fsp3) is 0.308. The third-order valence-corrected chi connectivity index (χ3v) is 2.41. The smallest absolute Gasteiger partial charge is 0.157 e. The van der Waals surface area contributed by atoms with Crippen molar-refractivity contribution in [3.8, 4) is 5.75 Å². The molecule has 90 valence electrons. The molecule has 4 nitrogen and oxygen atoms in total. The highest BCUT2D eigenvalue weighted by Gasteiger charge is 1.97. The zero-order valence-electron chi connectivity index (χ0n) is 9.97. The van der Waals surface area contributed by atoms with Crippen LogP contribution in [-0.4, -0.2) is 22.9 Å². The van der Waals surface area contributed by atoms with Gasteiger partial charge in [-0.15, -0.1) is 0 Å². The lowest BCUT2D eigenvalue weighted by Gasteiger charge is -2.06. The Hall–Kier alpha value is -1.97. The van der Waals surface area contributed by atoms with Gasteiger partial charge in [-0.25, -0.2) is 0 Å². The summed E-state index contributed by atoms with van der Waals surface area (Å²) in [6.45, 7) is 4.32. The van der Waals surface area contributed by atoms with Gasteiger partial charge in [-0.05, 0) is 19.1 Å². The van der Waals surface area contributed by atoms with E-state index in [-0.39, 0.29) is 0 Å². The van der Waals surface area contributed by atoms with E-state index in [1.807, 2.05) is 48.1 Å². The van der Waals surface area contributed by atoms with E-state index in [0.29, 0.717) is 6.61 Å². The Kier molecular flexibility index (Phi) is 4.02. The summed E-state index contributed by atoms with van der Waals surface area (Å²) in [5.41, 5.74) is 1.11. The van der Waals surface area contributed by atoms with Crippen LogP contribution in [0.25, 0.3) is 0 Å². The number of ether oxygens (including phenoxy) is 1. The third kappa shape index (κ3) is 3.52. The molecule has 0 fully saturated rings. The van der Waals surface area contributed by atoms with Gasteiger partial charge in [-0.3, -0.25) is 4.68 Å². The molecule has 0 bridgehead atoms. The molecule has 0 saturated heterocycles. The van der Waals surface area contributed by atoms with E-state index in [1.165, 1.54) is 0 Å². The molecule has 1 N–H and O–H groups in total. The average Bonchev–Trinajstić information content (AvgIpc) is 2.84. The Bertz CT molecular complexity index is 439. The highest BCUT2D eigenvalue weighted by Crippen LogP contribution is 2.08. The van der Waals surface area contributed by atoms with E-state index in [1.54, 1.807) is 6.20 Å². The lowest BCUT2D eigenvalue weighted by molar-refractivity contribution is 0.332. The molecule has 0 saturated carbocycles. The number of hydrogen-bond acceptors (Lipinski definition) is 3. The summed E-state index contributed by atoms with van der Waals surface area (Å²) in [6.07, 6.45) is 3.65. The maximum Gasteiger partial charge on any atom is 0.157 e. The molecule has 2 aromatic rings. The van der Waals surface area contributed by atoms with Crippen LogP contribution in [0.4, 0.5) is 5.69 Å². The van der Waals surface area contributed by atoms with Crippen LogP contribution in [-0.2, 0) is 6.54 Å². The van der Waals surface area contributed by atoms with E-state index in [9.17, 15) is 0 Å².